The summed E-state index contributed by atoms with van der Waals surface area (Å²) < 4.78 is 17.5. The fourth-order valence-corrected chi connectivity index (χ4v) is 4.14. The number of rotatable bonds is 6. The maximum atomic E-state index is 13.0. The van der Waals surface area contributed by atoms with E-state index < -0.39 is 5.91 Å². The molecule has 4 aromatic rings. The molecule has 3 heterocycles. The highest BCUT2D eigenvalue weighted by atomic mass is 16.5. The second-order valence-electron chi connectivity index (χ2n) is 8.29. The Hall–Kier alpha value is -4.64. The monoisotopic (exact) mass is 503 g/mol. The second-order valence-corrected chi connectivity index (χ2v) is 8.29. The predicted molar refractivity (Wildman–Crippen MR) is 134 cm³/mol. The highest BCUT2D eigenvalue weighted by Crippen LogP contribution is 2.32. The summed E-state index contributed by atoms with van der Waals surface area (Å²) in [6.07, 6.45) is 1.63. The van der Waals surface area contributed by atoms with Crippen LogP contribution in [0.15, 0.2) is 54.7 Å². The molecule has 11 nitrogen and oxygen atoms in total. The van der Waals surface area contributed by atoms with Crippen LogP contribution in [0, 0.1) is 0 Å². The Morgan fingerprint density at radius 1 is 1.00 bits per heavy atom. The van der Waals surface area contributed by atoms with Crippen molar-refractivity contribution >= 4 is 23.1 Å². The number of ether oxygens (including phenoxy) is 3. The van der Waals surface area contributed by atoms with E-state index in [-0.39, 0.29) is 22.9 Å². The Labute approximate surface area is 212 Å². The van der Waals surface area contributed by atoms with Crippen LogP contribution in [0.3, 0.4) is 0 Å². The van der Waals surface area contributed by atoms with Gasteiger partial charge in [0.1, 0.15) is 5.75 Å². The smallest absolute Gasteiger partial charge is 0.276 e. The van der Waals surface area contributed by atoms with Gasteiger partial charge in [-0.15, -0.1) is 0 Å². The molecular formula is C26H25N5O6. The molecule has 1 aliphatic heterocycles. The van der Waals surface area contributed by atoms with Gasteiger partial charge in [-0.05, 0) is 36.4 Å². The number of methoxy groups -OCH3 is 2. The number of hydrogen-bond acceptors (Lipinski definition) is 8. The molecule has 5 rings (SSSR count). The molecule has 1 aliphatic rings. The molecule has 0 aliphatic carbocycles. The van der Waals surface area contributed by atoms with E-state index in [1.807, 2.05) is 12.1 Å². The zero-order chi connectivity index (χ0) is 25.9. The van der Waals surface area contributed by atoms with Crippen molar-refractivity contribution < 1.29 is 28.9 Å². The van der Waals surface area contributed by atoms with Crippen molar-refractivity contribution in [3.63, 3.8) is 0 Å². The van der Waals surface area contributed by atoms with Crippen molar-refractivity contribution in [2.75, 3.05) is 45.8 Å². The van der Waals surface area contributed by atoms with Crippen LogP contribution >= 0.6 is 0 Å². The molecule has 11 heteroatoms. The maximum absolute atomic E-state index is 13.0. The van der Waals surface area contributed by atoms with Crippen LogP contribution in [0.4, 0.5) is 5.69 Å². The zero-order valence-electron chi connectivity index (χ0n) is 20.3. The van der Waals surface area contributed by atoms with Crippen LogP contribution in [0.5, 0.6) is 17.2 Å². The van der Waals surface area contributed by atoms with Gasteiger partial charge in [0.05, 0.1) is 38.7 Å². The van der Waals surface area contributed by atoms with Gasteiger partial charge < -0.3 is 29.5 Å². The topological polar surface area (TPSA) is 128 Å². The summed E-state index contributed by atoms with van der Waals surface area (Å²) >= 11 is 0. The van der Waals surface area contributed by atoms with Crippen molar-refractivity contribution in [2.24, 2.45) is 0 Å². The van der Waals surface area contributed by atoms with Crippen LogP contribution in [0.1, 0.15) is 20.8 Å². The summed E-state index contributed by atoms with van der Waals surface area (Å²) in [6.45, 7) is 1.85. The van der Waals surface area contributed by atoms with E-state index in [0.29, 0.717) is 54.8 Å². The van der Waals surface area contributed by atoms with E-state index in [1.54, 1.807) is 54.1 Å². The van der Waals surface area contributed by atoms with E-state index >= 15 is 0 Å². The first kappa shape index (κ1) is 24.1. The van der Waals surface area contributed by atoms with E-state index in [4.69, 9.17) is 14.2 Å². The fraction of sp³-hybridized carbons (Fsp3) is 0.231. The SMILES string of the molecule is COc1ccc(-c2ccnc3cc(C(=O)Nc4ccc(C(=O)N5CCOCC5)c(O)c4)nn23)cc1OC. The molecule has 37 heavy (non-hydrogen) atoms. The first-order valence-corrected chi connectivity index (χ1v) is 11.6. The summed E-state index contributed by atoms with van der Waals surface area (Å²) in [5.74, 6) is 0.161. The number of phenolic OH excluding ortho intramolecular Hbond substituents is 1. The van der Waals surface area contributed by atoms with Crippen LogP contribution in [0.2, 0.25) is 0 Å². The Bertz CT molecular complexity index is 1480. The summed E-state index contributed by atoms with van der Waals surface area (Å²) in [6, 6.07) is 13.2. The van der Waals surface area contributed by atoms with Gasteiger partial charge >= 0.3 is 0 Å². The van der Waals surface area contributed by atoms with Gasteiger partial charge in [0.15, 0.2) is 22.8 Å². The number of carbonyl (C=O) groups excluding carboxylic acids is 2. The largest absolute Gasteiger partial charge is 0.507 e. The Morgan fingerprint density at radius 2 is 1.78 bits per heavy atom. The number of nitrogens with one attached hydrogen (secondary N) is 1. The first-order valence-electron chi connectivity index (χ1n) is 11.6. The molecule has 0 bridgehead atoms. The molecule has 0 spiro atoms. The third-order valence-electron chi connectivity index (χ3n) is 6.05. The van der Waals surface area contributed by atoms with Gasteiger partial charge in [-0.1, -0.05) is 0 Å². The lowest BCUT2D eigenvalue weighted by atomic mass is 10.1. The van der Waals surface area contributed by atoms with Crippen LogP contribution in [-0.2, 0) is 4.74 Å². The number of morpholine rings is 1. The van der Waals surface area contributed by atoms with Crippen molar-refractivity contribution in [1.29, 1.82) is 0 Å². The molecular weight excluding hydrogens is 478 g/mol. The fourth-order valence-electron chi connectivity index (χ4n) is 4.14. The molecule has 2 N–H and O–H groups in total. The minimum Gasteiger partial charge on any atom is -0.507 e. The first-order chi connectivity index (χ1) is 18.0. The number of aromatic nitrogens is 3. The van der Waals surface area contributed by atoms with Gasteiger partial charge in [-0.25, -0.2) is 9.50 Å². The quantitative estimate of drug-likeness (QED) is 0.411. The van der Waals surface area contributed by atoms with E-state index in [0.717, 1.165) is 5.56 Å². The van der Waals surface area contributed by atoms with E-state index in [2.05, 4.69) is 15.4 Å². The number of amides is 2. The number of aromatic hydroxyl groups is 1. The van der Waals surface area contributed by atoms with Gasteiger partial charge in [0.2, 0.25) is 0 Å². The number of nitrogens with zero attached hydrogens (tertiary/aromatic N) is 4. The molecule has 2 amide bonds. The lowest BCUT2D eigenvalue weighted by molar-refractivity contribution is 0.0301. The Kier molecular flexibility index (Phi) is 6.60. The average Bonchev–Trinajstić information content (AvgIpc) is 3.38. The van der Waals surface area contributed by atoms with E-state index in [9.17, 15) is 14.7 Å². The highest BCUT2D eigenvalue weighted by Gasteiger charge is 2.22. The molecule has 0 atom stereocenters. The standard InChI is InChI=1S/C26H25N5O6/c1-35-22-6-3-16(13-23(22)36-2)20-7-8-27-24-15-19(29-31(20)24)25(33)28-17-4-5-18(21(32)14-17)26(34)30-9-11-37-12-10-30/h3-8,13-15,32H,9-12H2,1-2H3,(H,28,33). The molecule has 2 aromatic heterocycles. The molecule has 2 aromatic carbocycles. The van der Waals surface area contributed by atoms with Crippen LogP contribution in [0.25, 0.3) is 16.9 Å². The second kappa shape index (κ2) is 10.2. The van der Waals surface area contributed by atoms with Crippen LogP contribution < -0.4 is 14.8 Å². The number of phenols is 1. The number of carbonyl (C=O) groups is 2. The minimum atomic E-state index is -0.490. The molecule has 190 valence electrons. The van der Waals surface area contributed by atoms with Crippen molar-refractivity contribution in [1.82, 2.24) is 19.5 Å². The Morgan fingerprint density at radius 3 is 2.51 bits per heavy atom. The molecule has 0 saturated carbocycles. The molecule has 0 unspecified atom stereocenters. The van der Waals surface area contributed by atoms with Crippen molar-refractivity contribution in [3.05, 3.63) is 66.0 Å². The Balaban J connectivity index is 1.38. The number of fused-ring (bicyclic) bond motifs is 1. The highest BCUT2D eigenvalue weighted by molar-refractivity contribution is 6.04. The average molecular weight is 504 g/mol. The van der Waals surface area contributed by atoms with E-state index in [1.165, 1.54) is 12.1 Å². The third-order valence-corrected chi connectivity index (χ3v) is 6.05. The minimum absolute atomic E-state index is 0.133. The van der Waals surface area contributed by atoms with Gasteiger partial charge in [0.25, 0.3) is 11.8 Å². The summed E-state index contributed by atoms with van der Waals surface area (Å²) in [4.78, 5) is 31.6. The number of anilines is 1. The summed E-state index contributed by atoms with van der Waals surface area (Å²) in [5.41, 5.74) is 2.60. The van der Waals surface area contributed by atoms with Gasteiger partial charge in [0, 0.05) is 42.7 Å². The lowest BCUT2D eigenvalue weighted by Gasteiger charge is -2.27. The maximum Gasteiger partial charge on any atom is 0.276 e. The van der Waals surface area contributed by atoms with Gasteiger partial charge in [-0.2, -0.15) is 5.10 Å². The third kappa shape index (κ3) is 4.76. The lowest BCUT2D eigenvalue weighted by Crippen LogP contribution is -2.40. The molecule has 0 radical (unpaired) electrons. The van der Waals surface area contributed by atoms with Crippen molar-refractivity contribution in [3.8, 4) is 28.5 Å². The predicted octanol–water partition coefficient (Wildman–Crippen LogP) is 2.84. The number of benzene rings is 2. The molecule has 1 fully saturated rings. The number of hydrogen-bond donors (Lipinski definition) is 2. The zero-order valence-corrected chi connectivity index (χ0v) is 20.3. The normalized spacial score (nSPS) is 13.4. The van der Waals surface area contributed by atoms with Crippen molar-refractivity contribution in [2.45, 2.75) is 0 Å². The van der Waals surface area contributed by atoms with Crippen LogP contribution in [-0.4, -0.2) is 76.9 Å². The summed E-state index contributed by atoms with van der Waals surface area (Å²) in [7, 11) is 3.12. The molecule has 1 saturated heterocycles. The van der Waals surface area contributed by atoms with Gasteiger partial charge in [-0.3, -0.25) is 9.59 Å². The summed E-state index contributed by atoms with van der Waals surface area (Å²) in [5, 5.41) is 17.6.